The van der Waals surface area contributed by atoms with Crippen molar-refractivity contribution in [2.24, 2.45) is 0 Å². The molecule has 1 unspecified atom stereocenters. The number of esters is 1. The second-order valence-corrected chi connectivity index (χ2v) is 5.03. The van der Waals surface area contributed by atoms with Crippen molar-refractivity contribution in [3.8, 4) is 23.0 Å². The van der Waals surface area contributed by atoms with Gasteiger partial charge in [0.2, 0.25) is 5.75 Å². The Hall–Kier alpha value is -3.00. The average Bonchev–Trinajstić information content (AvgIpc) is 3.09. The molecule has 0 spiro atoms. The van der Waals surface area contributed by atoms with Gasteiger partial charge in [0, 0.05) is 7.11 Å². The van der Waals surface area contributed by atoms with Gasteiger partial charge in [-0.05, 0) is 24.3 Å². The summed E-state index contributed by atoms with van der Waals surface area (Å²) in [6, 6.07) is 6.59. The zero-order chi connectivity index (χ0) is 17.8. The van der Waals surface area contributed by atoms with Crippen molar-refractivity contribution in [3.63, 3.8) is 0 Å². The Morgan fingerprint density at radius 3 is 2.68 bits per heavy atom. The van der Waals surface area contributed by atoms with Gasteiger partial charge in [-0.3, -0.25) is 4.98 Å². The maximum atomic E-state index is 11.8. The van der Waals surface area contributed by atoms with Crippen LogP contribution in [0.5, 0.6) is 23.0 Å². The first-order chi connectivity index (χ1) is 12.1. The molecule has 0 N–H and O–H groups in total. The summed E-state index contributed by atoms with van der Waals surface area (Å²) in [4.78, 5) is 16.1. The van der Waals surface area contributed by atoms with Gasteiger partial charge in [0.25, 0.3) is 0 Å². The number of aromatic nitrogens is 1. The van der Waals surface area contributed by atoms with Gasteiger partial charge in [-0.1, -0.05) is 0 Å². The van der Waals surface area contributed by atoms with Crippen LogP contribution in [0, 0.1) is 0 Å². The molecule has 25 heavy (non-hydrogen) atoms. The van der Waals surface area contributed by atoms with Crippen LogP contribution in [0.2, 0.25) is 0 Å². The zero-order valence-corrected chi connectivity index (χ0v) is 14.0. The van der Waals surface area contributed by atoms with Crippen molar-refractivity contribution >= 4 is 5.97 Å². The van der Waals surface area contributed by atoms with E-state index in [9.17, 15) is 4.79 Å². The number of pyridine rings is 1. The fourth-order valence-electron chi connectivity index (χ4n) is 2.21. The number of hydrogen-bond acceptors (Lipinski definition) is 8. The molecular formula is C17H17NO7. The van der Waals surface area contributed by atoms with Gasteiger partial charge in [-0.25, -0.2) is 4.79 Å². The van der Waals surface area contributed by atoms with Crippen LogP contribution in [0.15, 0.2) is 30.5 Å². The summed E-state index contributed by atoms with van der Waals surface area (Å²) in [5.41, 5.74) is 0.958. The van der Waals surface area contributed by atoms with E-state index >= 15 is 0 Å². The van der Waals surface area contributed by atoms with E-state index in [4.69, 9.17) is 28.4 Å². The van der Waals surface area contributed by atoms with E-state index in [2.05, 4.69) is 4.98 Å². The smallest absolute Gasteiger partial charge is 0.361 e. The minimum absolute atomic E-state index is 0.169. The van der Waals surface area contributed by atoms with E-state index in [1.165, 1.54) is 26.4 Å². The summed E-state index contributed by atoms with van der Waals surface area (Å²) >= 11 is 0. The Kier molecular flexibility index (Phi) is 4.90. The van der Waals surface area contributed by atoms with Crippen molar-refractivity contribution in [1.29, 1.82) is 0 Å². The van der Waals surface area contributed by atoms with Gasteiger partial charge < -0.3 is 28.4 Å². The Labute approximate surface area is 144 Å². The highest BCUT2D eigenvalue weighted by atomic mass is 16.9. The van der Waals surface area contributed by atoms with Crippen molar-refractivity contribution in [1.82, 2.24) is 4.98 Å². The predicted molar refractivity (Wildman–Crippen MR) is 85.0 cm³/mol. The van der Waals surface area contributed by atoms with Gasteiger partial charge in [-0.2, -0.15) is 0 Å². The van der Waals surface area contributed by atoms with Gasteiger partial charge >= 0.3 is 12.4 Å². The molecule has 2 aromatic rings. The van der Waals surface area contributed by atoms with Gasteiger partial charge in [0.15, 0.2) is 11.5 Å². The second-order valence-electron chi connectivity index (χ2n) is 5.03. The van der Waals surface area contributed by atoms with E-state index in [0.717, 1.165) is 0 Å². The van der Waals surface area contributed by atoms with Crippen LogP contribution >= 0.6 is 0 Å². The molecule has 2 heterocycles. The molecule has 0 fully saturated rings. The first-order valence-corrected chi connectivity index (χ1v) is 7.38. The molecular weight excluding hydrogens is 330 g/mol. The summed E-state index contributed by atoms with van der Waals surface area (Å²) in [6.45, 7) is -0.730. The molecule has 1 aromatic heterocycles. The molecule has 8 nitrogen and oxygen atoms in total. The third kappa shape index (κ3) is 3.58. The van der Waals surface area contributed by atoms with E-state index < -0.39 is 12.4 Å². The summed E-state index contributed by atoms with van der Waals surface area (Å²) < 4.78 is 31.6. The molecule has 1 aliphatic heterocycles. The van der Waals surface area contributed by atoms with E-state index in [0.29, 0.717) is 28.7 Å². The van der Waals surface area contributed by atoms with Gasteiger partial charge in [0.05, 0.1) is 31.7 Å². The number of fused-ring (bicyclic) bond motifs is 1. The number of benzene rings is 1. The lowest BCUT2D eigenvalue weighted by Crippen LogP contribution is -2.19. The maximum absolute atomic E-state index is 11.8. The molecule has 1 aromatic carbocycles. The molecule has 0 radical (unpaired) electrons. The van der Waals surface area contributed by atoms with Crippen LogP contribution in [-0.4, -0.2) is 38.8 Å². The second kappa shape index (κ2) is 7.27. The van der Waals surface area contributed by atoms with Crippen LogP contribution in [0.25, 0.3) is 0 Å². The number of rotatable bonds is 6. The number of ether oxygens (including phenoxy) is 6. The van der Waals surface area contributed by atoms with Crippen molar-refractivity contribution in [2.45, 2.75) is 13.1 Å². The topological polar surface area (TPSA) is 85.3 Å². The third-order valence-electron chi connectivity index (χ3n) is 3.48. The van der Waals surface area contributed by atoms with Crippen LogP contribution in [-0.2, 0) is 16.1 Å². The number of methoxy groups -OCH3 is 3. The predicted octanol–water partition coefficient (Wildman–Crippen LogP) is 2.16. The molecule has 1 atom stereocenters. The molecule has 3 rings (SSSR count). The Morgan fingerprint density at radius 2 is 2.04 bits per heavy atom. The normalized spacial score (nSPS) is 14.9. The molecule has 8 heteroatoms. The molecule has 0 saturated carbocycles. The lowest BCUT2D eigenvalue weighted by molar-refractivity contribution is -0.158. The lowest BCUT2D eigenvalue weighted by atomic mass is 10.2. The minimum atomic E-state index is -0.899. The van der Waals surface area contributed by atoms with Gasteiger partial charge in [0.1, 0.15) is 12.4 Å². The summed E-state index contributed by atoms with van der Waals surface area (Å²) in [7, 11) is 4.31. The van der Waals surface area contributed by atoms with Crippen LogP contribution in [0.3, 0.4) is 0 Å². The SMILES string of the molecule is COC(=O)c1cc(OCc2ccc(OC)cn2)c2c(c1)OC(OC)O2. The highest BCUT2D eigenvalue weighted by molar-refractivity contribution is 5.91. The molecule has 0 amide bonds. The number of carbonyl (C=O) groups excluding carboxylic acids is 1. The maximum Gasteiger partial charge on any atom is 0.361 e. The fraction of sp³-hybridized carbons (Fsp3) is 0.294. The third-order valence-corrected chi connectivity index (χ3v) is 3.48. The number of carbonyl (C=O) groups is 1. The van der Waals surface area contributed by atoms with Crippen LogP contribution < -0.4 is 18.9 Å². The van der Waals surface area contributed by atoms with E-state index in [1.807, 2.05) is 0 Å². The summed E-state index contributed by atoms with van der Waals surface area (Å²) in [5, 5.41) is 0. The standard InChI is InChI=1S/C17H17NO7/c1-20-12-5-4-11(18-8-12)9-23-13-6-10(16(19)21-2)7-14-15(13)25-17(22-3)24-14/h4-8,17H,9H2,1-3H3. The largest absolute Gasteiger partial charge is 0.495 e. The molecule has 0 bridgehead atoms. The molecule has 0 saturated heterocycles. The molecule has 1 aliphatic rings. The summed E-state index contributed by atoms with van der Waals surface area (Å²) in [6.07, 6.45) is 1.59. The monoisotopic (exact) mass is 347 g/mol. The van der Waals surface area contributed by atoms with Gasteiger partial charge in [-0.15, -0.1) is 0 Å². The fourth-order valence-corrected chi connectivity index (χ4v) is 2.21. The Morgan fingerprint density at radius 1 is 1.20 bits per heavy atom. The zero-order valence-electron chi connectivity index (χ0n) is 14.0. The summed E-state index contributed by atoms with van der Waals surface area (Å²) in [5.74, 6) is 1.16. The first-order valence-electron chi connectivity index (χ1n) is 7.38. The van der Waals surface area contributed by atoms with Crippen LogP contribution in [0.1, 0.15) is 16.1 Å². The molecule has 132 valence electrons. The van der Waals surface area contributed by atoms with Crippen molar-refractivity contribution < 1.29 is 33.2 Å². The van der Waals surface area contributed by atoms with Crippen LogP contribution in [0.4, 0.5) is 0 Å². The molecule has 0 aliphatic carbocycles. The highest BCUT2D eigenvalue weighted by Gasteiger charge is 2.30. The van der Waals surface area contributed by atoms with E-state index in [1.54, 1.807) is 25.4 Å². The highest BCUT2D eigenvalue weighted by Crippen LogP contribution is 2.44. The Balaban J connectivity index is 1.83. The quantitative estimate of drug-likeness (QED) is 0.735. The van der Waals surface area contributed by atoms with Crippen molar-refractivity contribution in [2.75, 3.05) is 21.3 Å². The number of nitrogens with zero attached hydrogens (tertiary/aromatic N) is 1. The average molecular weight is 347 g/mol. The minimum Gasteiger partial charge on any atom is -0.495 e. The van der Waals surface area contributed by atoms with Crippen molar-refractivity contribution in [3.05, 3.63) is 41.7 Å². The lowest BCUT2D eigenvalue weighted by Gasteiger charge is -2.11. The Bertz CT molecular complexity index is 760. The first kappa shape index (κ1) is 16.8. The van der Waals surface area contributed by atoms with E-state index in [-0.39, 0.29) is 12.2 Å². The number of hydrogen-bond donors (Lipinski definition) is 0.